The highest BCUT2D eigenvalue weighted by atomic mass is 35.5. The van der Waals surface area contributed by atoms with E-state index in [-0.39, 0.29) is 11.1 Å². The van der Waals surface area contributed by atoms with Crippen LogP contribution in [0.1, 0.15) is 29.8 Å². The van der Waals surface area contributed by atoms with E-state index in [2.05, 4.69) is 5.32 Å². The fourth-order valence-electron chi connectivity index (χ4n) is 1.86. The van der Waals surface area contributed by atoms with Gasteiger partial charge < -0.3 is 5.32 Å². The smallest absolute Gasteiger partial charge is 0.376 e. The fourth-order valence-corrected chi connectivity index (χ4v) is 2.90. The monoisotopic (exact) mass is 319 g/mol. The molecule has 0 aliphatic heterocycles. The minimum absolute atomic E-state index is 0.0454. The minimum Gasteiger partial charge on any atom is -0.376 e. The molecule has 0 aliphatic rings. The van der Waals surface area contributed by atoms with Crippen molar-refractivity contribution in [2.75, 3.05) is 5.32 Å². The van der Waals surface area contributed by atoms with Crippen LogP contribution in [0.5, 0.6) is 0 Å². The molecular weight excluding hydrogens is 307 g/mol. The molecular formula is C14H13ClF3NS. The van der Waals surface area contributed by atoms with Gasteiger partial charge in [-0.1, -0.05) is 24.6 Å². The maximum atomic E-state index is 12.7. The second-order valence-electron chi connectivity index (χ2n) is 4.31. The molecule has 0 aliphatic carbocycles. The summed E-state index contributed by atoms with van der Waals surface area (Å²) in [6, 6.07) is 7.13. The van der Waals surface area contributed by atoms with Crippen molar-refractivity contribution in [3.8, 4) is 0 Å². The minimum atomic E-state index is -4.37. The van der Waals surface area contributed by atoms with Gasteiger partial charge in [0.1, 0.15) is 0 Å². The van der Waals surface area contributed by atoms with Gasteiger partial charge in [0, 0.05) is 4.88 Å². The Balaban J connectivity index is 2.28. The molecule has 0 amide bonds. The number of thiophene rings is 1. The van der Waals surface area contributed by atoms with E-state index in [0.29, 0.717) is 5.69 Å². The first-order chi connectivity index (χ1) is 9.41. The lowest BCUT2D eigenvalue weighted by atomic mass is 10.1. The summed E-state index contributed by atoms with van der Waals surface area (Å²) in [6.45, 7) is 1.97. The second kappa shape index (κ2) is 6.06. The van der Waals surface area contributed by atoms with Crippen LogP contribution < -0.4 is 5.32 Å². The standard InChI is InChI=1S/C14H13ClF3NS/c1-2-11(13-4-3-7-20-13)19-12-8-9(14(16,17)18)5-6-10(12)15/h3-8,11,19H,2H2,1H3. The van der Waals surface area contributed by atoms with Crippen molar-refractivity contribution in [3.05, 3.63) is 51.2 Å². The first-order valence-electron chi connectivity index (χ1n) is 6.08. The summed E-state index contributed by atoms with van der Waals surface area (Å²) in [5, 5.41) is 5.31. The van der Waals surface area contributed by atoms with Crippen molar-refractivity contribution in [1.29, 1.82) is 0 Å². The molecule has 6 heteroatoms. The summed E-state index contributed by atoms with van der Waals surface area (Å²) in [6.07, 6.45) is -3.61. The number of alkyl halides is 3. The quantitative estimate of drug-likeness (QED) is 0.730. The predicted octanol–water partition coefficient (Wildman–Crippen LogP) is 5.98. The topological polar surface area (TPSA) is 12.0 Å². The number of benzene rings is 1. The highest BCUT2D eigenvalue weighted by molar-refractivity contribution is 7.10. The Morgan fingerprint density at radius 1 is 1.30 bits per heavy atom. The molecule has 1 N–H and O–H groups in total. The average Bonchev–Trinajstić information content (AvgIpc) is 2.90. The average molecular weight is 320 g/mol. The SMILES string of the molecule is CCC(Nc1cc(C(F)(F)F)ccc1Cl)c1cccs1. The number of halogens is 4. The van der Waals surface area contributed by atoms with E-state index in [1.54, 1.807) is 11.3 Å². The molecule has 0 saturated heterocycles. The van der Waals surface area contributed by atoms with Crippen LogP contribution in [0.3, 0.4) is 0 Å². The number of rotatable bonds is 4. The lowest BCUT2D eigenvalue weighted by Gasteiger charge is -2.19. The third-order valence-electron chi connectivity index (χ3n) is 2.92. The summed E-state index contributed by atoms with van der Waals surface area (Å²) < 4.78 is 38.2. The van der Waals surface area contributed by atoms with Crippen molar-refractivity contribution in [1.82, 2.24) is 0 Å². The maximum Gasteiger partial charge on any atom is 0.416 e. The summed E-state index contributed by atoms with van der Waals surface area (Å²) in [5.74, 6) is 0. The molecule has 1 aromatic carbocycles. The van der Waals surface area contributed by atoms with E-state index < -0.39 is 11.7 Å². The summed E-state index contributed by atoms with van der Waals surface area (Å²) in [5.41, 5.74) is -0.396. The lowest BCUT2D eigenvalue weighted by Crippen LogP contribution is -2.10. The largest absolute Gasteiger partial charge is 0.416 e. The van der Waals surface area contributed by atoms with Gasteiger partial charge in [-0.25, -0.2) is 0 Å². The third-order valence-corrected chi connectivity index (χ3v) is 4.23. The van der Waals surface area contributed by atoms with Crippen LogP contribution in [0.4, 0.5) is 18.9 Å². The molecule has 1 unspecified atom stereocenters. The Bertz CT molecular complexity index is 566. The Labute approximate surface area is 124 Å². The van der Waals surface area contributed by atoms with Crippen LogP contribution >= 0.6 is 22.9 Å². The molecule has 20 heavy (non-hydrogen) atoms. The molecule has 2 aromatic rings. The van der Waals surface area contributed by atoms with E-state index in [1.165, 1.54) is 6.07 Å². The lowest BCUT2D eigenvalue weighted by molar-refractivity contribution is -0.137. The van der Waals surface area contributed by atoms with E-state index in [1.807, 2.05) is 24.4 Å². The normalized spacial score (nSPS) is 13.2. The molecule has 0 fully saturated rings. The van der Waals surface area contributed by atoms with Gasteiger partial charge in [-0.2, -0.15) is 13.2 Å². The first kappa shape index (κ1) is 15.2. The van der Waals surface area contributed by atoms with E-state index in [9.17, 15) is 13.2 Å². The van der Waals surface area contributed by atoms with Gasteiger partial charge in [-0.15, -0.1) is 11.3 Å². The second-order valence-corrected chi connectivity index (χ2v) is 5.70. The molecule has 0 spiro atoms. The van der Waals surface area contributed by atoms with Crippen LogP contribution in [0.15, 0.2) is 35.7 Å². The van der Waals surface area contributed by atoms with E-state index >= 15 is 0 Å². The molecule has 2 rings (SSSR count). The predicted molar refractivity (Wildman–Crippen MR) is 77.4 cm³/mol. The van der Waals surface area contributed by atoms with Gasteiger partial charge in [0.2, 0.25) is 0 Å². The van der Waals surface area contributed by atoms with Crippen LogP contribution in [-0.4, -0.2) is 0 Å². The molecule has 1 atom stereocenters. The van der Waals surface area contributed by atoms with Crippen LogP contribution in [0.2, 0.25) is 5.02 Å². The number of nitrogens with one attached hydrogen (secondary N) is 1. The number of hydrogen-bond acceptors (Lipinski definition) is 2. The molecule has 0 radical (unpaired) electrons. The Morgan fingerprint density at radius 2 is 2.05 bits per heavy atom. The van der Waals surface area contributed by atoms with Gasteiger partial charge in [0.15, 0.2) is 0 Å². The zero-order valence-corrected chi connectivity index (χ0v) is 12.2. The van der Waals surface area contributed by atoms with Crippen LogP contribution in [0.25, 0.3) is 0 Å². The van der Waals surface area contributed by atoms with Gasteiger partial charge in [0.05, 0.1) is 22.3 Å². The Hall–Kier alpha value is -1.20. The third kappa shape index (κ3) is 3.46. The van der Waals surface area contributed by atoms with Gasteiger partial charge in [-0.05, 0) is 36.1 Å². The molecule has 0 saturated carbocycles. The van der Waals surface area contributed by atoms with Gasteiger partial charge >= 0.3 is 6.18 Å². The van der Waals surface area contributed by atoms with Crippen molar-refractivity contribution >= 4 is 28.6 Å². The fraction of sp³-hybridized carbons (Fsp3) is 0.286. The Morgan fingerprint density at radius 3 is 2.60 bits per heavy atom. The van der Waals surface area contributed by atoms with Gasteiger partial charge in [-0.3, -0.25) is 0 Å². The molecule has 1 aromatic heterocycles. The highest BCUT2D eigenvalue weighted by Crippen LogP contribution is 2.36. The van der Waals surface area contributed by atoms with Crippen molar-refractivity contribution < 1.29 is 13.2 Å². The van der Waals surface area contributed by atoms with Crippen LogP contribution in [-0.2, 0) is 6.18 Å². The summed E-state index contributed by atoms with van der Waals surface area (Å²) in [7, 11) is 0. The summed E-state index contributed by atoms with van der Waals surface area (Å²) >= 11 is 7.54. The molecule has 0 bridgehead atoms. The molecule has 108 valence electrons. The zero-order valence-electron chi connectivity index (χ0n) is 10.7. The summed E-state index contributed by atoms with van der Waals surface area (Å²) in [4.78, 5) is 1.07. The Kier molecular flexibility index (Phi) is 4.60. The van der Waals surface area contributed by atoms with E-state index in [0.717, 1.165) is 23.4 Å². The first-order valence-corrected chi connectivity index (χ1v) is 7.34. The molecule has 1 nitrogen and oxygen atoms in total. The zero-order chi connectivity index (χ0) is 14.8. The van der Waals surface area contributed by atoms with Crippen LogP contribution in [0, 0.1) is 0 Å². The van der Waals surface area contributed by atoms with E-state index in [4.69, 9.17) is 11.6 Å². The number of anilines is 1. The van der Waals surface area contributed by atoms with Crippen molar-refractivity contribution in [2.45, 2.75) is 25.6 Å². The van der Waals surface area contributed by atoms with Crippen molar-refractivity contribution in [3.63, 3.8) is 0 Å². The maximum absolute atomic E-state index is 12.7. The molecule has 1 heterocycles. The van der Waals surface area contributed by atoms with Crippen molar-refractivity contribution in [2.24, 2.45) is 0 Å². The van der Waals surface area contributed by atoms with Gasteiger partial charge in [0.25, 0.3) is 0 Å². The highest BCUT2D eigenvalue weighted by Gasteiger charge is 2.31. The number of hydrogen-bond donors (Lipinski definition) is 1.